The molecule has 0 radical (unpaired) electrons. The van der Waals surface area contributed by atoms with E-state index >= 15 is 0 Å². The molecule has 0 unspecified atom stereocenters. The lowest BCUT2D eigenvalue weighted by Gasteiger charge is -2.35. The topological polar surface area (TPSA) is 93.5 Å². The first-order valence-corrected chi connectivity index (χ1v) is 10.7. The van der Waals surface area contributed by atoms with Crippen molar-refractivity contribution in [2.24, 2.45) is 0 Å². The lowest BCUT2D eigenvalue weighted by Crippen LogP contribution is -2.50. The van der Waals surface area contributed by atoms with Crippen LogP contribution >= 0.6 is 0 Å². The van der Waals surface area contributed by atoms with Gasteiger partial charge in [-0.2, -0.15) is 5.10 Å². The van der Waals surface area contributed by atoms with Gasteiger partial charge in [0.1, 0.15) is 0 Å². The molecule has 2 fully saturated rings. The minimum absolute atomic E-state index is 0.00453. The minimum atomic E-state index is -3.16. The van der Waals surface area contributed by atoms with Crippen LogP contribution in [0.4, 0.5) is 4.79 Å². The molecule has 0 bridgehead atoms. The summed E-state index contributed by atoms with van der Waals surface area (Å²) < 4.78 is 31.4. The van der Waals surface area contributed by atoms with Gasteiger partial charge in [-0.15, -0.1) is 0 Å². The van der Waals surface area contributed by atoms with Gasteiger partial charge in [0.2, 0.25) is 0 Å². The summed E-state index contributed by atoms with van der Waals surface area (Å²) in [7, 11) is -3.16. The van der Waals surface area contributed by atoms with Crippen LogP contribution in [-0.2, 0) is 21.1 Å². The van der Waals surface area contributed by atoms with Crippen LogP contribution in [0, 0.1) is 0 Å². The Morgan fingerprint density at radius 3 is 3.00 bits per heavy atom. The molecule has 0 aromatic carbocycles. The summed E-state index contributed by atoms with van der Waals surface area (Å²) in [4.78, 5) is 14.2. The van der Waals surface area contributed by atoms with Gasteiger partial charge < -0.3 is 15.0 Å². The third-order valence-electron chi connectivity index (χ3n) is 4.82. The van der Waals surface area contributed by atoms with Crippen LogP contribution in [0.2, 0.25) is 0 Å². The second-order valence-electron chi connectivity index (χ2n) is 6.61. The fourth-order valence-electron chi connectivity index (χ4n) is 3.36. The van der Waals surface area contributed by atoms with E-state index in [1.165, 1.54) is 0 Å². The fourth-order valence-corrected chi connectivity index (χ4v) is 4.86. The summed E-state index contributed by atoms with van der Waals surface area (Å²) in [6.07, 6.45) is 6.60. The van der Waals surface area contributed by atoms with Gasteiger partial charge in [-0.1, -0.05) is 0 Å². The van der Waals surface area contributed by atoms with Gasteiger partial charge in [-0.05, 0) is 26.2 Å². The van der Waals surface area contributed by atoms with Crippen LogP contribution in [-0.4, -0.2) is 66.4 Å². The van der Waals surface area contributed by atoms with E-state index in [9.17, 15) is 13.2 Å². The molecule has 2 amide bonds. The largest absolute Gasteiger partial charge is 0.378 e. The minimum Gasteiger partial charge on any atom is -0.378 e. The Balaban J connectivity index is 1.64. The van der Waals surface area contributed by atoms with E-state index in [0.29, 0.717) is 13.1 Å². The van der Waals surface area contributed by atoms with Crippen LogP contribution in [0.1, 0.15) is 37.8 Å². The third-order valence-corrected chi connectivity index (χ3v) is 6.45. The van der Waals surface area contributed by atoms with E-state index in [0.717, 1.165) is 31.4 Å². The number of hydrogen-bond acceptors (Lipinski definition) is 5. The fraction of sp³-hybridized carbons (Fsp3) is 0.750. The van der Waals surface area contributed by atoms with E-state index in [-0.39, 0.29) is 30.2 Å². The summed E-state index contributed by atoms with van der Waals surface area (Å²) in [5, 5.41) is 7.12. The maximum Gasteiger partial charge on any atom is 0.317 e. The highest BCUT2D eigenvalue weighted by Crippen LogP contribution is 2.26. The maximum atomic E-state index is 12.6. The molecule has 0 spiro atoms. The van der Waals surface area contributed by atoms with Crippen molar-refractivity contribution in [1.29, 1.82) is 0 Å². The molecule has 2 saturated heterocycles. The van der Waals surface area contributed by atoms with Gasteiger partial charge in [0.15, 0.2) is 9.84 Å². The van der Waals surface area contributed by atoms with Gasteiger partial charge in [0.05, 0.1) is 29.8 Å². The number of hydrogen-bond donors (Lipinski definition) is 1. The molecular weight excluding hydrogens is 344 g/mol. The second-order valence-corrected chi connectivity index (χ2v) is 8.84. The van der Waals surface area contributed by atoms with Crippen molar-refractivity contribution in [3.05, 3.63) is 18.0 Å². The van der Waals surface area contributed by atoms with E-state index in [1.807, 2.05) is 13.1 Å². The van der Waals surface area contributed by atoms with Crippen molar-refractivity contribution in [2.75, 3.05) is 31.2 Å². The van der Waals surface area contributed by atoms with Gasteiger partial charge >= 0.3 is 6.03 Å². The van der Waals surface area contributed by atoms with Crippen LogP contribution in [0.25, 0.3) is 0 Å². The summed E-state index contributed by atoms with van der Waals surface area (Å²) in [5.41, 5.74) is 0.763. The molecule has 9 heteroatoms. The van der Waals surface area contributed by atoms with Crippen molar-refractivity contribution >= 4 is 15.9 Å². The Morgan fingerprint density at radius 2 is 2.32 bits per heavy atom. The quantitative estimate of drug-likeness (QED) is 0.833. The number of sulfone groups is 1. The lowest BCUT2D eigenvalue weighted by molar-refractivity contribution is 0.104. The summed E-state index contributed by atoms with van der Waals surface area (Å²) in [6.45, 7) is 4.20. The number of aryl methyl sites for hydroxylation is 1. The third kappa shape index (κ3) is 4.52. The number of ether oxygens (including phenoxy) is 1. The summed E-state index contributed by atoms with van der Waals surface area (Å²) >= 11 is 0. The number of carbonyl (C=O) groups excluding carboxylic acids is 1. The van der Waals surface area contributed by atoms with Gasteiger partial charge in [-0.3, -0.25) is 4.68 Å². The zero-order chi connectivity index (χ0) is 17.9. The van der Waals surface area contributed by atoms with Crippen LogP contribution in [0.5, 0.6) is 0 Å². The van der Waals surface area contributed by atoms with Crippen molar-refractivity contribution in [1.82, 2.24) is 20.0 Å². The van der Waals surface area contributed by atoms with Crippen LogP contribution in [0.3, 0.4) is 0 Å². The van der Waals surface area contributed by atoms with Crippen molar-refractivity contribution in [3.8, 4) is 0 Å². The Morgan fingerprint density at radius 1 is 1.48 bits per heavy atom. The Labute approximate surface area is 148 Å². The number of carbonyl (C=O) groups is 1. The van der Waals surface area contributed by atoms with Crippen LogP contribution < -0.4 is 5.32 Å². The van der Waals surface area contributed by atoms with Crippen molar-refractivity contribution < 1.29 is 17.9 Å². The van der Waals surface area contributed by atoms with Crippen molar-refractivity contribution in [2.45, 2.75) is 44.9 Å². The molecule has 0 saturated carbocycles. The maximum absolute atomic E-state index is 12.6. The first-order chi connectivity index (χ1) is 12.0. The van der Waals surface area contributed by atoms with Crippen LogP contribution in [0.15, 0.2) is 12.4 Å². The molecule has 2 atom stereocenters. The lowest BCUT2D eigenvalue weighted by atomic mass is 10.1. The summed E-state index contributed by atoms with van der Waals surface area (Å²) in [5.74, 6) is -0.0495. The Hall–Kier alpha value is -1.61. The zero-order valence-electron chi connectivity index (χ0n) is 14.6. The predicted molar refractivity (Wildman–Crippen MR) is 93.0 cm³/mol. The molecule has 25 heavy (non-hydrogen) atoms. The molecule has 0 aliphatic carbocycles. The highest BCUT2D eigenvalue weighted by Gasteiger charge is 2.35. The Kier molecular flexibility index (Phi) is 5.63. The molecule has 3 heterocycles. The smallest absolute Gasteiger partial charge is 0.317 e. The van der Waals surface area contributed by atoms with Gasteiger partial charge in [0.25, 0.3) is 0 Å². The molecule has 1 N–H and O–H groups in total. The average molecular weight is 370 g/mol. The van der Waals surface area contributed by atoms with E-state index in [2.05, 4.69) is 10.4 Å². The van der Waals surface area contributed by atoms with Gasteiger partial charge in [0, 0.05) is 38.0 Å². The first-order valence-electron chi connectivity index (χ1n) is 8.87. The number of nitrogens with zero attached hydrogens (tertiary/aromatic N) is 3. The number of aromatic nitrogens is 2. The van der Waals surface area contributed by atoms with Gasteiger partial charge in [-0.25, -0.2) is 13.2 Å². The number of rotatable bonds is 5. The molecule has 2 aliphatic rings. The molecular formula is C16H26N4O4S. The van der Waals surface area contributed by atoms with Crippen molar-refractivity contribution in [3.63, 3.8) is 0 Å². The normalized spacial score (nSPS) is 25.9. The highest BCUT2D eigenvalue weighted by molar-refractivity contribution is 7.91. The Bertz CT molecular complexity index is 697. The number of nitrogens with one attached hydrogen (secondary N) is 1. The zero-order valence-corrected chi connectivity index (χ0v) is 15.4. The molecule has 1 aromatic rings. The average Bonchev–Trinajstić information content (AvgIpc) is 3.25. The molecule has 1 aromatic heterocycles. The number of amides is 2. The molecule has 140 valence electrons. The monoisotopic (exact) mass is 370 g/mol. The standard InChI is InChI=1S/C16H26N4O4S/c1-2-19-11-13(10-18-19)15-12-25(22,23)9-7-20(15)16(21)17-6-5-14-4-3-8-24-14/h10-11,14-15H,2-9,12H2,1H3,(H,17,21)/t14-,15-/m0/s1. The summed E-state index contributed by atoms with van der Waals surface area (Å²) in [6, 6.07) is -0.705. The molecule has 8 nitrogen and oxygen atoms in total. The molecule has 3 rings (SSSR count). The number of urea groups is 1. The predicted octanol–water partition coefficient (Wildman–Crippen LogP) is 0.953. The molecule has 2 aliphatic heterocycles. The van der Waals surface area contributed by atoms with E-state index < -0.39 is 15.9 Å². The second kappa shape index (κ2) is 7.74. The van der Waals surface area contributed by atoms with E-state index in [4.69, 9.17) is 4.74 Å². The highest BCUT2D eigenvalue weighted by atomic mass is 32.2. The van der Waals surface area contributed by atoms with E-state index in [1.54, 1.807) is 15.8 Å². The SMILES string of the molecule is CCn1cc([C@@H]2CS(=O)(=O)CCN2C(=O)NCC[C@@H]2CCCO2)cn1. The first kappa shape index (κ1) is 18.2.